The van der Waals surface area contributed by atoms with Gasteiger partial charge in [-0.25, -0.2) is 9.78 Å². The zero-order valence-corrected chi connectivity index (χ0v) is 15.2. The van der Waals surface area contributed by atoms with E-state index < -0.39 is 5.97 Å². The Balaban J connectivity index is 1.71. The molecular formula is C20H16ClN3O3. The van der Waals surface area contributed by atoms with Gasteiger partial charge in [0.2, 0.25) is 0 Å². The molecule has 2 N–H and O–H groups in total. The van der Waals surface area contributed by atoms with E-state index in [9.17, 15) is 9.59 Å². The molecule has 0 aliphatic carbocycles. The van der Waals surface area contributed by atoms with Crippen LogP contribution in [0.5, 0.6) is 0 Å². The van der Waals surface area contributed by atoms with E-state index >= 15 is 0 Å². The summed E-state index contributed by atoms with van der Waals surface area (Å²) in [6.07, 6.45) is 1.52. The number of nitrogens with one attached hydrogen (secondary N) is 2. The largest absolute Gasteiger partial charge is 0.465 e. The van der Waals surface area contributed by atoms with Crippen molar-refractivity contribution in [1.82, 2.24) is 4.98 Å². The normalized spacial score (nSPS) is 10.1. The molecule has 6 nitrogen and oxygen atoms in total. The number of esters is 1. The predicted molar refractivity (Wildman–Crippen MR) is 105 cm³/mol. The second kappa shape index (κ2) is 8.33. The molecule has 0 unspecified atom stereocenters. The third kappa shape index (κ3) is 4.62. The molecule has 7 heteroatoms. The van der Waals surface area contributed by atoms with Crippen LogP contribution in [0.1, 0.15) is 20.7 Å². The van der Waals surface area contributed by atoms with Crippen LogP contribution in [0, 0.1) is 0 Å². The predicted octanol–water partition coefficient (Wildman–Crippen LogP) is 4.52. The molecule has 2 aromatic carbocycles. The van der Waals surface area contributed by atoms with Gasteiger partial charge in [-0.1, -0.05) is 29.8 Å². The van der Waals surface area contributed by atoms with Crippen molar-refractivity contribution in [2.45, 2.75) is 0 Å². The Morgan fingerprint density at radius 3 is 2.56 bits per heavy atom. The maximum atomic E-state index is 12.2. The first-order valence-electron chi connectivity index (χ1n) is 8.04. The van der Waals surface area contributed by atoms with E-state index in [4.69, 9.17) is 16.3 Å². The molecule has 0 aliphatic rings. The van der Waals surface area contributed by atoms with Crippen molar-refractivity contribution in [2.75, 3.05) is 17.7 Å². The number of methoxy groups -OCH3 is 1. The summed E-state index contributed by atoms with van der Waals surface area (Å²) in [6, 6.07) is 17.0. The third-order valence-corrected chi connectivity index (χ3v) is 3.94. The lowest BCUT2D eigenvalue weighted by molar-refractivity contribution is 0.0601. The summed E-state index contributed by atoms with van der Waals surface area (Å²) in [6.45, 7) is 0. The van der Waals surface area contributed by atoms with Gasteiger partial charge in [0.15, 0.2) is 0 Å². The van der Waals surface area contributed by atoms with Crippen LogP contribution in [-0.4, -0.2) is 24.0 Å². The Labute approximate surface area is 161 Å². The van der Waals surface area contributed by atoms with Gasteiger partial charge in [-0.2, -0.15) is 0 Å². The van der Waals surface area contributed by atoms with Crippen molar-refractivity contribution in [1.29, 1.82) is 0 Å². The standard InChI is InChI=1S/C20H16ClN3O3/c1-27-20(26)16-7-2-3-8-17(16)24-18-10-9-15(12-22-18)23-19(25)13-5-4-6-14(21)11-13/h2-12H,1H3,(H,22,24)(H,23,25). The molecule has 0 radical (unpaired) electrons. The van der Waals surface area contributed by atoms with E-state index in [1.165, 1.54) is 13.3 Å². The number of aromatic nitrogens is 1. The van der Waals surface area contributed by atoms with Gasteiger partial charge in [-0.3, -0.25) is 4.79 Å². The van der Waals surface area contributed by atoms with Crippen LogP contribution in [0.3, 0.4) is 0 Å². The lowest BCUT2D eigenvalue weighted by Gasteiger charge is -2.11. The highest BCUT2D eigenvalue weighted by Crippen LogP contribution is 2.21. The highest BCUT2D eigenvalue weighted by Gasteiger charge is 2.12. The summed E-state index contributed by atoms with van der Waals surface area (Å²) in [7, 11) is 1.33. The number of ether oxygens (including phenoxy) is 1. The summed E-state index contributed by atoms with van der Waals surface area (Å²) in [4.78, 5) is 28.3. The van der Waals surface area contributed by atoms with Crippen LogP contribution in [0.15, 0.2) is 66.9 Å². The van der Waals surface area contributed by atoms with Gasteiger partial charge in [0.1, 0.15) is 5.82 Å². The fourth-order valence-electron chi connectivity index (χ4n) is 2.39. The molecule has 1 heterocycles. The van der Waals surface area contributed by atoms with Gasteiger partial charge < -0.3 is 15.4 Å². The van der Waals surface area contributed by atoms with E-state index in [1.807, 2.05) is 0 Å². The Morgan fingerprint density at radius 1 is 1.04 bits per heavy atom. The van der Waals surface area contributed by atoms with E-state index in [0.717, 1.165) is 0 Å². The smallest absolute Gasteiger partial charge is 0.339 e. The SMILES string of the molecule is COC(=O)c1ccccc1Nc1ccc(NC(=O)c2cccc(Cl)c2)cn1. The number of carbonyl (C=O) groups excluding carboxylic acids is 2. The summed E-state index contributed by atoms with van der Waals surface area (Å²) in [5.41, 5.74) is 1.97. The quantitative estimate of drug-likeness (QED) is 0.635. The third-order valence-electron chi connectivity index (χ3n) is 3.70. The molecule has 1 amide bonds. The van der Waals surface area contributed by atoms with Crippen molar-refractivity contribution in [3.05, 3.63) is 83.0 Å². The van der Waals surface area contributed by atoms with Crippen molar-refractivity contribution in [2.24, 2.45) is 0 Å². The molecule has 27 heavy (non-hydrogen) atoms. The highest BCUT2D eigenvalue weighted by molar-refractivity contribution is 6.31. The summed E-state index contributed by atoms with van der Waals surface area (Å²) >= 11 is 5.90. The second-order valence-electron chi connectivity index (χ2n) is 5.56. The molecule has 3 aromatic rings. The summed E-state index contributed by atoms with van der Waals surface area (Å²) < 4.78 is 4.77. The van der Waals surface area contributed by atoms with Crippen LogP contribution in [0.4, 0.5) is 17.2 Å². The molecule has 0 spiro atoms. The molecule has 0 saturated heterocycles. The molecule has 0 fully saturated rings. The molecule has 136 valence electrons. The number of benzene rings is 2. The molecular weight excluding hydrogens is 366 g/mol. The maximum Gasteiger partial charge on any atom is 0.339 e. The Kier molecular flexibility index (Phi) is 5.68. The Bertz CT molecular complexity index is 974. The molecule has 0 bridgehead atoms. The number of para-hydroxylation sites is 1. The van der Waals surface area contributed by atoms with Crippen LogP contribution >= 0.6 is 11.6 Å². The van der Waals surface area contributed by atoms with E-state index in [-0.39, 0.29) is 5.91 Å². The van der Waals surface area contributed by atoms with Crippen molar-refractivity contribution < 1.29 is 14.3 Å². The first-order valence-corrected chi connectivity index (χ1v) is 8.42. The number of hydrogen-bond acceptors (Lipinski definition) is 5. The van der Waals surface area contributed by atoms with E-state index in [1.54, 1.807) is 60.7 Å². The number of hydrogen-bond donors (Lipinski definition) is 2. The lowest BCUT2D eigenvalue weighted by atomic mass is 10.2. The minimum absolute atomic E-state index is 0.281. The zero-order chi connectivity index (χ0) is 19.2. The molecule has 0 saturated carbocycles. The molecule has 0 aliphatic heterocycles. The second-order valence-corrected chi connectivity index (χ2v) is 6.00. The Hall–Kier alpha value is -3.38. The van der Waals surface area contributed by atoms with Crippen molar-refractivity contribution in [3.63, 3.8) is 0 Å². The molecule has 0 atom stereocenters. The number of anilines is 3. The summed E-state index contributed by atoms with van der Waals surface area (Å²) in [5, 5.41) is 6.31. The van der Waals surface area contributed by atoms with Crippen LogP contribution in [0.2, 0.25) is 5.02 Å². The fourth-order valence-corrected chi connectivity index (χ4v) is 2.58. The van der Waals surface area contributed by atoms with Gasteiger partial charge in [-0.05, 0) is 42.5 Å². The number of rotatable bonds is 5. The monoisotopic (exact) mass is 381 g/mol. The van der Waals surface area contributed by atoms with Gasteiger partial charge >= 0.3 is 5.97 Å². The molecule has 3 rings (SSSR count). The number of pyridine rings is 1. The minimum atomic E-state index is -0.441. The van der Waals surface area contributed by atoms with E-state index in [0.29, 0.717) is 33.3 Å². The zero-order valence-electron chi connectivity index (χ0n) is 14.4. The first-order chi connectivity index (χ1) is 13.1. The van der Waals surface area contributed by atoms with Gasteiger partial charge in [0.25, 0.3) is 5.91 Å². The number of nitrogens with zero attached hydrogens (tertiary/aromatic N) is 1. The van der Waals surface area contributed by atoms with Crippen LogP contribution in [-0.2, 0) is 4.74 Å². The van der Waals surface area contributed by atoms with Gasteiger partial charge in [0.05, 0.1) is 30.2 Å². The number of carbonyl (C=O) groups is 2. The molecule has 1 aromatic heterocycles. The average Bonchev–Trinajstić information content (AvgIpc) is 2.69. The van der Waals surface area contributed by atoms with Crippen LogP contribution < -0.4 is 10.6 Å². The highest BCUT2D eigenvalue weighted by atomic mass is 35.5. The Morgan fingerprint density at radius 2 is 1.85 bits per heavy atom. The fraction of sp³-hybridized carbons (Fsp3) is 0.0500. The van der Waals surface area contributed by atoms with Crippen molar-refractivity contribution in [3.8, 4) is 0 Å². The first kappa shape index (κ1) is 18.4. The van der Waals surface area contributed by atoms with Crippen molar-refractivity contribution >= 4 is 40.7 Å². The number of amides is 1. The van der Waals surface area contributed by atoms with Crippen LogP contribution in [0.25, 0.3) is 0 Å². The van der Waals surface area contributed by atoms with Gasteiger partial charge in [-0.15, -0.1) is 0 Å². The lowest BCUT2D eigenvalue weighted by Crippen LogP contribution is -2.12. The summed E-state index contributed by atoms with van der Waals surface area (Å²) in [5.74, 6) is -0.202. The maximum absolute atomic E-state index is 12.2. The van der Waals surface area contributed by atoms with Gasteiger partial charge in [0, 0.05) is 10.6 Å². The average molecular weight is 382 g/mol. The van der Waals surface area contributed by atoms with E-state index in [2.05, 4.69) is 15.6 Å². The topological polar surface area (TPSA) is 80.3 Å². The number of halogens is 1. The minimum Gasteiger partial charge on any atom is -0.465 e.